The third-order valence-corrected chi connectivity index (χ3v) is 3.12. The fraction of sp³-hybridized carbons (Fsp3) is 0. The highest BCUT2D eigenvalue weighted by Crippen LogP contribution is 2.59. The first-order chi connectivity index (χ1) is 5.22. The lowest BCUT2D eigenvalue weighted by molar-refractivity contribution is -0.150. The summed E-state index contributed by atoms with van der Waals surface area (Å²) in [6.07, 6.45) is 3.36. The second-order valence-electron chi connectivity index (χ2n) is 1.99. The topological polar surface area (TPSA) is 84.1 Å². The van der Waals surface area contributed by atoms with E-state index in [4.69, 9.17) is 8.37 Å². The minimum atomic E-state index is -2.08. The number of hydrogen-bond donors (Lipinski definition) is 0. The Morgan fingerprint density at radius 1 is 1.00 bits per heavy atom. The molecule has 1 fully saturated rings. The molecule has 0 unspecified atom stereocenters. The number of hydrogen-bond acceptors (Lipinski definition) is 4. The van der Waals surface area contributed by atoms with E-state index in [0.717, 1.165) is 0 Å². The first kappa shape index (κ1) is 8.82. The molecule has 2 heterocycles. The Balaban J connectivity index is 0.000000720. The second-order valence-corrected chi connectivity index (χ2v) is 4.04. The zero-order valence-corrected chi connectivity index (χ0v) is 6.67. The SMILES string of the molecule is O.O=C1OS2(C=CC=C2)OC1=O. The quantitative estimate of drug-likeness (QED) is 0.501. The Morgan fingerprint density at radius 3 is 1.83 bits per heavy atom. The van der Waals surface area contributed by atoms with Crippen molar-refractivity contribution in [1.29, 1.82) is 0 Å². The molecule has 6 heteroatoms. The minimum absolute atomic E-state index is 0. The third kappa shape index (κ3) is 1.10. The third-order valence-electron chi connectivity index (χ3n) is 1.23. The molecule has 1 spiro atoms. The molecular formula is C6H6O5S. The molecule has 2 aliphatic heterocycles. The van der Waals surface area contributed by atoms with Crippen molar-refractivity contribution < 1.29 is 23.4 Å². The van der Waals surface area contributed by atoms with Gasteiger partial charge in [0.1, 0.15) is 0 Å². The van der Waals surface area contributed by atoms with Gasteiger partial charge in [-0.15, -0.1) is 0 Å². The lowest BCUT2D eigenvalue weighted by atomic mass is 10.6. The van der Waals surface area contributed by atoms with E-state index in [9.17, 15) is 9.59 Å². The zero-order chi connectivity index (χ0) is 7.90. The highest BCUT2D eigenvalue weighted by atomic mass is 32.3. The molecule has 0 aromatic rings. The van der Waals surface area contributed by atoms with Gasteiger partial charge in [0.2, 0.25) is 0 Å². The molecule has 1 saturated heterocycles. The van der Waals surface area contributed by atoms with Gasteiger partial charge >= 0.3 is 11.9 Å². The average molecular weight is 190 g/mol. The number of rotatable bonds is 0. The zero-order valence-electron chi connectivity index (χ0n) is 5.85. The van der Waals surface area contributed by atoms with Gasteiger partial charge in [0.15, 0.2) is 0 Å². The van der Waals surface area contributed by atoms with Crippen molar-refractivity contribution >= 4 is 22.5 Å². The molecule has 0 aromatic heterocycles. The van der Waals surface area contributed by atoms with Crippen LogP contribution in [0.4, 0.5) is 0 Å². The van der Waals surface area contributed by atoms with E-state index in [0.29, 0.717) is 0 Å². The van der Waals surface area contributed by atoms with Crippen molar-refractivity contribution in [3.63, 3.8) is 0 Å². The van der Waals surface area contributed by atoms with E-state index in [-0.39, 0.29) is 5.48 Å². The van der Waals surface area contributed by atoms with Crippen LogP contribution in [0.3, 0.4) is 0 Å². The van der Waals surface area contributed by atoms with E-state index in [2.05, 4.69) is 0 Å². The van der Waals surface area contributed by atoms with Gasteiger partial charge in [-0.2, -0.15) is 0 Å². The Labute approximate surface area is 69.7 Å². The summed E-state index contributed by atoms with van der Waals surface area (Å²) in [4.78, 5) is 21.2. The van der Waals surface area contributed by atoms with Gasteiger partial charge in [0, 0.05) is 10.8 Å². The largest absolute Gasteiger partial charge is 0.441 e. The van der Waals surface area contributed by atoms with E-state index in [1.807, 2.05) is 0 Å². The number of carbonyl (C=O) groups excluding carboxylic acids is 2. The van der Waals surface area contributed by atoms with Crippen molar-refractivity contribution in [2.75, 3.05) is 0 Å². The molecule has 0 bridgehead atoms. The van der Waals surface area contributed by atoms with Gasteiger partial charge in [-0.25, -0.2) is 9.59 Å². The van der Waals surface area contributed by atoms with Crippen LogP contribution < -0.4 is 0 Å². The monoisotopic (exact) mass is 190 g/mol. The summed E-state index contributed by atoms with van der Waals surface area (Å²) >= 11 is 0. The Morgan fingerprint density at radius 2 is 1.42 bits per heavy atom. The predicted molar refractivity (Wildman–Crippen MR) is 41.7 cm³/mol. The summed E-state index contributed by atoms with van der Waals surface area (Å²) in [6, 6.07) is 0. The fourth-order valence-corrected chi connectivity index (χ4v) is 2.36. The van der Waals surface area contributed by atoms with Gasteiger partial charge in [0.25, 0.3) is 0 Å². The van der Waals surface area contributed by atoms with Gasteiger partial charge in [-0.3, -0.25) is 0 Å². The summed E-state index contributed by atoms with van der Waals surface area (Å²) in [5.41, 5.74) is 0. The summed E-state index contributed by atoms with van der Waals surface area (Å²) in [7, 11) is -2.08. The van der Waals surface area contributed by atoms with Crippen molar-refractivity contribution in [2.45, 2.75) is 0 Å². The molecule has 2 N–H and O–H groups in total. The van der Waals surface area contributed by atoms with Gasteiger partial charge < -0.3 is 13.8 Å². The number of allylic oxidation sites excluding steroid dienone is 2. The summed E-state index contributed by atoms with van der Waals surface area (Å²) in [6.45, 7) is 0. The normalized spacial score (nSPS) is 25.0. The van der Waals surface area contributed by atoms with E-state index < -0.39 is 22.5 Å². The van der Waals surface area contributed by atoms with Crippen molar-refractivity contribution in [2.24, 2.45) is 0 Å². The van der Waals surface area contributed by atoms with Crippen LogP contribution in [0.2, 0.25) is 0 Å². The maximum Gasteiger partial charge on any atom is 0.441 e. The molecule has 0 atom stereocenters. The molecule has 5 nitrogen and oxygen atoms in total. The van der Waals surface area contributed by atoms with Crippen molar-refractivity contribution in [1.82, 2.24) is 0 Å². The van der Waals surface area contributed by atoms with Crippen molar-refractivity contribution in [3.8, 4) is 0 Å². The van der Waals surface area contributed by atoms with Crippen LogP contribution in [-0.4, -0.2) is 17.4 Å². The molecule has 0 amide bonds. The minimum Gasteiger partial charge on any atom is -0.412 e. The van der Waals surface area contributed by atoms with Gasteiger partial charge in [-0.05, 0) is 12.2 Å². The van der Waals surface area contributed by atoms with Crippen LogP contribution in [0.15, 0.2) is 23.0 Å². The van der Waals surface area contributed by atoms with Gasteiger partial charge in [0.05, 0.1) is 0 Å². The van der Waals surface area contributed by atoms with Crippen LogP contribution in [-0.2, 0) is 18.0 Å². The smallest absolute Gasteiger partial charge is 0.412 e. The Kier molecular flexibility index (Phi) is 1.95. The summed E-state index contributed by atoms with van der Waals surface area (Å²) < 4.78 is 9.44. The first-order valence-corrected chi connectivity index (χ1v) is 4.48. The molecule has 12 heavy (non-hydrogen) atoms. The summed E-state index contributed by atoms with van der Waals surface area (Å²) in [5.74, 6) is -1.81. The summed E-state index contributed by atoms with van der Waals surface area (Å²) in [5, 5.41) is 3.16. The first-order valence-electron chi connectivity index (χ1n) is 2.87. The number of carbonyl (C=O) groups is 2. The van der Waals surface area contributed by atoms with Crippen LogP contribution in [0.25, 0.3) is 0 Å². The molecule has 2 aliphatic rings. The van der Waals surface area contributed by atoms with E-state index in [1.165, 1.54) is 0 Å². The lowest BCUT2D eigenvalue weighted by Gasteiger charge is -2.24. The van der Waals surface area contributed by atoms with Crippen LogP contribution in [0, 0.1) is 0 Å². The van der Waals surface area contributed by atoms with E-state index >= 15 is 0 Å². The van der Waals surface area contributed by atoms with E-state index in [1.54, 1.807) is 23.0 Å². The molecule has 0 aromatic carbocycles. The second kappa shape index (κ2) is 2.65. The van der Waals surface area contributed by atoms with Crippen molar-refractivity contribution in [3.05, 3.63) is 23.0 Å². The predicted octanol–water partition coefficient (Wildman–Crippen LogP) is -0.0627. The Hall–Kier alpha value is -1.27. The molecule has 66 valence electrons. The van der Waals surface area contributed by atoms with Gasteiger partial charge in [-0.1, -0.05) is 10.6 Å². The standard InChI is InChI=1S/C6H4O4S.H2O/c7-5-6(8)10-11(9-5)3-1-2-4-11;/h1-4H;1H2. The molecule has 2 rings (SSSR count). The van der Waals surface area contributed by atoms with Crippen LogP contribution >= 0.6 is 10.6 Å². The van der Waals surface area contributed by atoms with Crippen LogP contribution in [0.1, 0.15) is 0 Å². The fourth-order valence-electron chi connectivity index (χ4n) is 0.788. The highest BCUT2D eigenvalue weighted by Gasteiger charge is 2.39. The van der Waals surface area contributed by atoms with Crippen LogP contribution in [0.5, 0.6) is 0 Å². The lowest BCUT2D eigenvalue weighted by Crippen LogP contribution is -2.05. The maximum atomic E-state index is 10.6. The molecule has 0 saturated carbocycles. The molecule has 0 aliphatic carbocycles. The molecular weight excluding hydrogens is 184 g/mol. The Bertz CT molecular complexity index is 262. The average Bonchev–Trinajstić information content (AvgIpc) is 2.46. The highest BCUT2D eigenvalue weighted by molar-refractivity contribution is 8.32. The molecule has 0 radical (unpaired) electrons. The maximum absolute atomic E-state index is 10.6.